The molecule has 218 valence electrons. The predicted molar refractivity (Wildman–Crippen MR) is 154 cm³/mol. The summed E-state index contributed by atoms with van der Waals surface area (Å²) in [6, 6.07) is 9.35. The highest BCUT2D eigenvalue weighted by Crippen LogP contribution is 2.31. The highest BCUT2D eigenvalue weighted by atomic mass is 16.5. The molecule has 12 nitrogen and oxygen atoms in total. The molecule has 2 saturated heterocycles. The summed E-state index contributed by atoms with van der Waals surface area (Å²) in [5, 5.41) is 27.5. The second-order valence-corrected chi connectivity index (χ2v) is 10.5. The van der Waals surface area contributed by atoms with Crippen LogP contribution in [0.4, 0.5) is 0 Å². The van der Waals surface area contributed by atoms with Gasteiger partial charge in [-0.1, -0.05) is 12.6 Å². The van der Waals surface area contributed by atoms with Crippen LogP contribution in [0.3, 0.4) is 0 Å². The maximum Gasteiger partial charge on any atom is 0.246 e. The molecule has 1 atom stereocenters. The summed E-state index contributed by atoms with van der Waals surface area (Å²) in [5.74, 6) is 0.156. The number of nitriles is 1. The van der Waals surface area contributed by atoms with Gasteiger partial charge in [0.1, 0.15) is 22.9 Å². The molecule has 2 fully saturated rings. The van der Waals surface area contributed by atoms with E-state index in [-0.39, 0.29) is 30.4 Å². The lowest BCUT2D eigenvalue weighted by Crippen LogP contribution is -2.57. The summed E-state index contributed by atoms with van der Waals surface area (Å²) in [6.07, 6.45) is 6.86. The van der Waals surface area contributed by atoms with Crippen molar-refractivity contribution in [2.45, 2.75) is 31.9 Å². The van der Waals surface area contributed by atoms with Crippen molar-refractivity contribution in [3.05, 3.63) is 78.0 Å². The SMILES string of the molecule is C=CC(=O)N1CC(C(=O)N2CCC(N/C(C)=C(\N)c3cc(OC(CO)c4ccccn4)c4c(C#N)cnn4c3)CC2)C1. The third kappa shape index (κ3) is 5.77. The van der Waals surface area contributed by atoms with Crippen LogP contribution in [-0.2, 0) is 9.59 Å². The molecule has 42 heavy (non-hydrogen) atoms. The normalized spacial score (nSPS) is 17.2. The molecule has 1 unspecified atom stereocenters. The Kier molecular flexibility index (Phi) is 8.40. The van der Waals surface area contributed by atoms with E-state index in [2.05, 4.69) is 28.0 Å². The highest BCUT2D eigenvalue weighted by molar-refractivity contribution is 5.90. The first-order valence-corrected chi connectivity index (χ1v) is 13.9. The van der Waals surface area contributed by atoms with Gasteiger partial charge in [-0.2, -0.15) is 10.4 Å². The van der Waals surface area contributed by atoms with Crippen molar-refractivity contribution in [2.24, 2.45) is 11.7 Å². The van der Waals surface area contributed by atoms with Crippen molar-refractivity contribution in [2.75, 3.05) is 32.8 Å². The first-order chi connectivity index (χ1) is 20.3. The zero-order valence-corrected chi connectivity index (χ0v) is 23.4. The fourth-order valence-corrected chi connectivity index (χ4v) is 5.36. The van der Waals surface area contributed by atoms with E-state index in [0.29, 0.717) is 60.0 Å². The van der Waals surface area contributed by atoms with Gasteiger partial charge in [-0.25, -0.2) is 4.52 Å². The van der Waals surface area contributed by atoms with Crippen LogP contribution in [0.2, 0.25) is 0 Å². The summed E-state index contributed by atoms with van der Waals surface area (Å²) >= 11 is 0. The minimum atomic E-state index is -0.755. The Hall–Kier alpha value is -4.89. The minimum absolute atomic E-state index is 0.0945. The van der Waals surface area contributed by atoms with Gasteiger partial charge in [0.15, 0.2) is 6.10 Å². The van der Waals surface area contributed by atoms with Crippen LogP contribution in [0, 0.1) is 17.2 Å². The predicted octanol–water partition coefficient (Wildman–Crippen LogP) is 1.59. The molecule has 5 heterocycles. The van der Waals surface area contributed by atoms with Gasteiger partial charge in [0.05, 0.1) is 30.1 Å². The number of rotatable bonds is 9. The van der Waals surface area contributed by atoms with E-state index < -0.39 is 6.10 Å². The number of ether oxygens (including phenoxy) is 1. The number of pyridine rings is 2. The number of aromatic nitrogens is 3. The van der Waals surface area contributed by atoms with Gasteiger partial charge in [-0.3, -0.25) is 14.6 Å². The molecular formula is C30H34N8O4. The monoisotopic (exact) mass is 570 g/mol. The number of fused-ring (bicyclic) bond motifs is 1. The minimum Gasteiger partial charge on any atom is -0.479 e. The number of hydrogen-bond donors (Lipinski definition) is 3. The molecule has 12 heteroatoms. The first-order valence-electron chi connectivity index (χ1n) is 13.9. The Morgan fingerprint density at radius 2 is 2.07 bits per heavy atom. The van der Waals surface area contributed by atoms with Crippen molar-refractivity contribution in [3.8, 4) is 11.8 Å². The number of aliphatic hydroxyl groups is 1. The molecule has 0 aromatic carbocycles. The van der Waals surface area contributed by atoms with Crippen LogP contribution in [-0.4, -0.2) is 80.1 Å². The van der Waals surface area contributed by atoms with Crippen LogP contribution < -0.4 is 15.8 Å². The van der Waals surface area contributed by atoms with Gasteiger partial charge in [-0.05, 0) is 44.0 Å². The summed E-state index contributed by atoms with van der Waals surface area (Å²) in [5.41, 5.74) is 9.83. The highest BCUT2D eigenvalue weighted by Gasteiger charge is 2.38. The molecule has 0 saturated carbocycles. The van der Waals surface area contributed by atoms with Gasteiger partial charge < -0.3 is 30.7 Å². The second kappa shape index (κ2) is 12.3. The molecule has 0 aliphatic carbocycles. The van der Waals surface area contributed by atoms with Crippen LogP contribution in [0.5, 0.6) is 5.75 Å². The maximum atomic E-state index is 12.9. The Balaban J connectivity index is 1.28. The summed E-state index contributed by atoms with van der Waals surface area (Å²) in [7, 11) is 0. The van der Waals surface area contributed by atoms with Gasteiger partial charge in [-0.15, -0.1) is 0 Å². The Morgan fingerprint density at radius 1 is 1.31 bits per heavy atom. The molecule has 0 bridgehead atoms. The fourth-order valence-electron chi connectivity index (χ4n) is 5.36. The van der Waals surface area contributed by atoms with Crippen LogP contribution in [0.1, 0.15) is 42.7 Å². The maximum absolute atomic E-state index is 12.9. The third-order valence-electron chi connectivity index (χ3n) is 7.81. The number of nitrogens with two attached hydrogens (primary N) is 1. The number of allylic oxidation sites excluding steroid dienone is 1. The van der Waals surface area contributed by atoms with Gasteiger partial charge in [0.25, 0.3) is 0 Å². The number of carbonyl (C=O) groups is 2. The quantitative estimate of drug-likeness (QED) is 0.324. The summed E-state index contributed by atoms with van der Waals surface area (Å²) in [6.45, 7) is 7.22. The van der Waals surface area contributed by atoms with E-state index >= 15 is 0 Å². The molecular weight excluding hydrogens is 536 g/mol. The van der Waals surface area contributed by atoms with Crippen molar-refractivity contribution in [1.29, 1.82) is 5.26 Å². The number of piperidine rings is 1. The molecule has 2 aliphatic rings. The lowest BCUT2D eigenvalue weighted by atomic mass is 9.96. The molecule has 4 N–H and O–H groups in total. The van der Waals surface area contributed by atoms with Gasteiger partial charge in [0.2, 0.25) is 11.8 Å². The van der Waals surface area contributed by atoms with E-state index in [4.69, 9.17) is 10.5 Å². The second-order valence-electron chi connectivity index (χ2n) is 10.5. The number of carbonyl (C=O) groups excluding carboxylic acids is 2. The Bertz CT molecular complexity index is 1550. The molecule has 3 aromatic rings. The lowest BCUT2D eigenvalue weighted by Gasteiger charge is -2.42. The number of hydrogen-bond acceptors (Lipinski definition) is 9. The fraction of sp³-hybridized carbons (Fsp3) is 0.367. The zero-order chi connectivity index (χ0) is 29.8. The standard InChI is InChI=1S/C30H34N8O4/c1-3-27(40)37-15-22(16-37)30(41)36-10-7-23(8-11-36)35-19(2)28(32)20-12-25(29-21(13-31)14-34-38(29)17-20)42-26(18-39)24-6-4-5-9-33-24/h3-6,9,12,14,17,22-23,26,35,39H,1,7-8,10-11,15-16,18,32H2,2H3/b28-19-. The average molecular weight is 571 g/mol. The molecule has 0 spiro atoms. The number of amides is 2. The van der Waals surface area contributed by atoms with Gasteiger partial charge >= 0.3 is 0 Å². The summed E-state index contributed by atoms with van der Waals surface area (Å²) < 4.78 is 7.74. The van der Waals surface area contributed by atoms with Crippen LogP contribution >= 0.6 is 0 Å². The zero-order valence-electron chi connectivity index (χ0n) is 23.4. The number of nitrogens with one attached hydrogen (secondary N) is 1. The average Bonchev–Trinajstić information content (AvgIpc) is 3.42. The van der Waals surface area contributed by atoms with Gasteiger partial charge in [0, 0.05) is 55.9 Å². The van der Waals surface area contributed by atoms with Crippen molar-refractivity contribution in [3.63, 3.8) is 0 Å². The third-order valence-corrected chi connectivity index (χ3v) is 7.81. The van der Waals surface area contributed by atoms with Crippen molar-refractivity contribution in [1.82, 2.24) is 29.7 Å². The number of likely N-dealkylation sites (tertiary alicyclic amines) is 2. The topological polar surface area (TPSA) is 162 Å². The molecule has 2 amide bonds. The first kappa shape index (κ1) is 28.6. The molecule has 2 aliphatic heterocycles. The van der Waals surface area contributed by atoms with Crippen molar-refractivity contribution < 1.29 is 19.4 Å². The van der Waals surface area contributed by atoms with Crippen LogP contribution in [0.15, 0.2) is 61.2 Å². The molecule has 3 aromatic heterocycles. The van der Waals surface area contributed by atoms with Crippen molar-refractivity contribution >= 4 is 23.0 Å². The Morgan fingerprint density at radius 3 is 2.71 bits per heavy atom. The molecule has 0 radical (unpaired) electrons. The Labute approximate surface area is 243 Å². The van der Waals surface area contributed by atoms with E-state index in [1.807, 2.05) is 17.9 Å². The molecule has 5 rings (SSSR count). The van der Waals surface area contributed by atoms with E-state index in [9.17, 15) is 20.0 Å². The summed E-state index contributed by atoms with van der Waals surface area (Å²) in [4.78, 5) is 32.3. The van der Waals surface area contributed by atoms with E-state index in [0.717, 1.165) is 18.5 Å². The number of nitrogens with zero attached hydrogens (tertiary/aromatic N) is 6. The number of aliphatic hydroxyl groups excluding tert-OH is 1. The smallest absolute Gasteiger partial charge is 0.246 e. The van der Waals surface area contributed by atoms with E-state index in [1.165, 1.54) is 12.3 Å². The van der Waals surface area contributed by atoms with E-state index in [1.54, 1.807) is 40.0 Å². The lowest BCUT2D eigenvalue weighted by molar-refractivity contribution is -0.147. The largest absolute Gasteiger partial charge is 0.479 e. The van der Waals surface area contributed by atoms with Crippen LogP contribution in [0.25, 0.3) is 11.2 Å².